The number of anilines is 2. The first-order valence-corrected chi connectivity index (χ1v) is 7.02. The molecule has 0 spiro atoms. The highest BCUT2D eigenvalue weighted by molar-refractivity contribution is 7.13. The van der Waals surface area contributed by atoms with E-state index in [-0.39, 0.29) is 6.42 Å². The molecule has 0 bridgehead atoms. The maximum Gasteiger partial charge on any atom is 0.303 e. The molecule has 5 nitrogen and oxygen atoms in total. The summed E-state index contributed by atoms with van der Waals surface area (Å²) in [5.41, 5.74) is 1.78. The van der Waals surface area contributed by atoms with Crippen LogP contribution in [0.15, 0.2) is 29.6 Å². The van der Waals surface area contributed by atoms with E-state index in [0.29, 0.717) is 6.42 Å². The summed E-state index contributed by atoms with van der Waals surface area (Å²) in [4.78, 5) is 17.0. The number of carboxylic acid groups (broad SMARTS) is 1. The number of aromatic nitrogens is 1. The molecule has 0 saturated heterocycles. The zero-order valence-corrected chi connectivity index (χ0v) is 12.2. The predicted molar refractivity (Wildman–Crippen MR) is 79.1 cm³/mol. The summed E-state index contributed by atoms with van der Waals surface area (Å²) in [6, 6.07) is 7.71. The third-order valence-corrected chi connectivity index (χ3v) is 3.83. The number of methoxy groups -OCH3 is 1. The first kappa shape index (κ1) is 14.3. The zero-order chi connectivity index (χ0) is 14.5. The maximum absolute atomic E-state index is 10.6. The molecule has 1 aromatic heterocycles. The Morgan fingerprint density at radius 2 is 2.30 bits per heavy atom. The fourth-order valence-electron chi connectivity index (χ4n) is 1.73. The number of hydrogen-bond acceptors (Lipinski definition) is 5. The minimum atomic E-state index is -0.805. The Hall–Kier alpha value is -2.08. The van der Waals surface area contributed by atoms with Crippen molar-refractivity contribution >= 4 is 28.1 Å². The Morgan fingerprint density at radius 3 is 3.00 bits per heavy atom. The molecule has 0 fully saturated rings. The van der Waals surface area contributed by atoms with Crippen LogP contribution >= 0.6 is 11.3 Å². The fourth-order valence-corrected chi connectivity index (χ4v) is 2.58. The largest absolute Gasteiger partial charge is 0.497 e. The van der Waals surface area contributed by atoms with E-state index in [1.54, 1.807) is 7.11 Å². The van der Waals surface area contributed by atoms with Gasteiger partial charge in [0, 0.05) is 30.6 Å². The summed E-state index contributed by atoms with van der Waals surface area (Å²) >= 11 is 1.50. The van der Waals surface area contributed by atoms with Crippen LogP contribution in [0.5, 0.6) is 5.75 Å². The zero-order valence-electron chi connectivity index (χ0n) is 11.4. The van der Waals surface area contributed by atoms with Crippen LogP contribution in [-0.2, 0) is 11.2 Å². The van der Waals surface area contributed by atoms with E-state index in [1.165, 1.54) is 11.3 Å². The smallest absolute Gasteiger partial charge is 0.303 e. The number of aliphatic carboxylic acids is 1. The van der Waals surface area contributed by atoms with Gasteiger partial charge in [0.05, 0.1) is 19.2 Å². The van der Waals surface area contributed by atoms with Gasteiger partial charge < -0.3 is 14.7 Å². The third kappa shape index (κ3) is 3.48. The van der Waals surface area contributed by atoms with E-state index in [4.69, 9.17) is 9.84 Å². The Labute approximate surface area is 121 Å². The number of ether oxygens (including phenoxy) is 1. The summed E-state index contributed by atoms with van der Waals surface area (Å²) in [6.45, 7) is 0. The molecule has 20 heavy (non-hydrogen) atoms. The third-order valence-electron chi connectivity index (χ3n) is 2.86. The molecule has 0 radical (unpaired) electrons. The molecule has 0 unspecified atom stereocenters. The van der Waals surface area contributed by atoms with Crippen LogP contribution in [0.2, 0.25) is 0 Å². The predicted octanol–water partition coefficient (Wildman–Crippen LogP) is 2.94. The molecule has 0 atom stereocenters. The minimum absolute atomic E-state index is 0.103. The molecule has 0 amide bonds. The van der Waals surface area contributed by atoms with Crippen LogP contribution in [0.4, 0.5) is 10.8 Å². The average Bonchev–Trinajstić information content (AvgIpc) is 2.93. The quantitative estimate of drug-likeness (QED) is 0.887. The molecule has 106 valence electrons. The molecule has 0 aliphatic rings. The van der Waals surface area contributed by atoms with Gasteiger partial charge in [-0.2, -0.15) is 0 Å². The summed E-state index contributed by atoms with van der Waals surface area (Å²) in [5.74, 6) is -0.0160. The standard InChI is InChI=1S/C14H16N2O3S/c1-16(11-4-3-5-12(8-11)19-2)14-15-10(9-20-14)6-7-13(17)18/h3-5,8-9H,6-7H2,1-2H3,(H,17,18). The molecule has 6 heteroatoms. The number of rotatable bonds is 6. The van der Waals surface area contributed by atoms with Crippen molar-refractivity contribution in [1.82, 2.24) is 4.98 Å². The first-order chi connectivity index (χ1) is 9.60. The van der Waals surface area contributed by atoms with Gasteiger partial charge in [0.25, 0.3) is 0 Å². The molecule has 2 aromatic rings. The fraction of sp³-hybridized carbons (Fsp3) is 0.286. The lowest BCUT2D eigenvalue weighted by Crippen LogP contribution is -2.09. The Bertz CT molecular complexity index is 598. The van der Waals surface area contributed by atoms with E-state index >= 15 is 0 Å². The molecule has 1 N–H and O–H groups in total. The van der Waals surface area contributed by atoms with Gasteiger partial charge in [-0.3, -0.25) is 4.79 Å². The van der Waals surface area contributed by atoms with E-state index in [1.807, 2.05) is 41.6 Å². The van der Waals surface area contributed by atoms with Gasteiger partial charge in [-0.05, 0) is 12.1 Å². The second-order valence-electron chi connectivity index (χ2n) is 4.28. The van der Waals surface area contributed by atoms with Crippen molar-refractivity contribution in [1.29, 1.82) is 0 Å². The van der Waals surface area contributed by atoms with Gasteiger partial charge >= 0.3 is 5.97 Å². The molecular formula is C14H16N2O3S. The summed E-state index contributed by atoms with van der Waals surface area (Å²) in [5, 5.41) is 11.4. The number of carboxylic acids is 1. The summed E-state index contributed by atoms with van der Waals surface area (Å²) in [7, 11) is 3.56. The van der Waals surface area contributed by atoms with Crippen LogP contribution in [-0.4, -0.2) is 30.2 Å². The van der Waals surface area contributed by atoms with E-state index < -0.39 is 5.97 Å². The van der Waals surface area contributed by atoms with Crippen LogP contribution in [0.1, 0.15) is 12.1 Å². The lowest BCUT2D eigenvalue weighted by atomic mass is 10.2. The molecule has 2 rings (SSSR count). The highest BCUT2D eigenvalue weighted by Gasteiger charge is 2.10. The molecule has 1 heterocycles. The highest BCUT2D eigenvalue weighted by atomic mass is 32.1. The molecule has 0 aliphatic heterocycles. The van der Waals surface area contributed by atoms with Crippen LogP contribution in [0, 0.1) is 0 Å². The number of carbonyl (C=O) groups is 1. The van der Waals surface area contributed by atoms with Crippen LogP contribution in [0.3, 0.4) is 0 Å². The Kier molecular flexibility index (Phi) is 4.57. The topological polar surface area (TPSA) is 62.7 Å². The number of benzene rings is 1. The molecule has 0 aliphatic carbocycles. The normalized spacial score (nSPS) is 10.3. The van der Waals surface area contributed by atoms with Crippen molar-refractivity contribution in [2.75, 3.05) is 19.1 Å². The lowest BCUT2D eigenvalue weighted by molar-refractivity contribution is -0.136. The van der Waals surface area contributed by atoms with Gasteiger partial charge in [-0.15, -0.1) is 11.3 Å². The van der Waals surface area contributed by atoms with Crippen molar-refractivity contribution in [3.8, 4) is 5.75 Å². The van der Waals surface area contributed by atoms with E-state index in [2.05, 4.69) is 4.98 Å². The van der Waals surface area contributed by atoms with Gasteiger partial charge in [0.15, 0.2) is 5.13 Å². The second kappa shape index (κ2) is 6.38. The summed E-state index contributed by atoms with van der Waals surface area (Å²) in [6.07, 6.45) is 0.559. The van der Waals surface area contributed by atoms with Gasteiger partial charge in [0.1, 0.15) is 5.75 Å². The van der Waals surface area contributed by atoms with Gasteiger partial charge in [0.2, 0.25) is 0 Å². The van der Waals surface area contributed by atoms with Crippen LogP contribution < -0.4 is 9.64 Å². The lowest BCUT2D eigenvalue weighted by Gasteiger charge is -2.16. The van der Waals surface area contributed by atoms with Crippen molar-refractivity contribution < 1.29 is 14.6 Å². The van der Waals surface area contributed by atoms with E-state index in [0.717, 1.165) is 22.3 Å². The van der Waals surface area contributed by atoms with Crippen molar-refractivity contribution in [2.24, 2.45) is 0 Å². The van der Waals surface area contributed by atoms with Crippen molar-refractivity contribution in [3.63, 3.8) is 0 Å². The first-order valence-electron chi connectivity index (χ1n) is 6.14. The Balaban J connectivity index is 2.12. The van der Waals surface area contributed by atoms with Crippen molar-refractivity contribution in [3.05, 3.63) is 35.3 Å². The summed E-state index contributed by atoms with van der Waals surface area (Å²) < 4.78 is 5.20. The van der Waals surface area contributed by atoms with E-state index in [9.17, 15) is 4.79 Å². The monoisotopic (exact) mass is 292 g/mol. The highest BCUT2D eigenvalue weighted by Crippen LogP contribution is 2.29. The number of hydrogen-bond donors (Lipinski definition) is 1. The average molecular weight is 292 g/mol. The number of thiazole rings is 1. The van der Waals surface area contributed by atoms with Crippen LogP contribution in [0.25, 0.3) is 0 Å². The van der Waals surface area contributed by atoms with Crippen molar-refractivity contribution in [2.45, 2.75) is 12.8 Å². The van der Waals surface area contributed by atoms with Gasteiger partial charge in [-0.25, -0.2) is 4.98 Å². The molecule has 1 aromatic carbocycles. The molecular weight excluding hydrogens is 276 g/mol. The SMILES string of the molecule is COc1cccc(N(C)c2nc(CCC(=O)O)cs2)c1. The number of nitrogens with zero attached hydrogens (tertiary/aromatic N) is 2. The second-order valence-corrected chi connectivity index (χ2v) is 5.11. The maximum atomic E-state index is 10.6. The molecule has 0 saturated carbocycles. The Morgan fingerprint density at radius 1 is 1.50 bits per heavy atom. The van der Waals surface area contributed by atoms with Gasteiger partial charge in [-0.1, -0.05) is 6.07 Å². The minimum Gasteiger partial charge on any atom is -0.497 e. The number of aryl methyl sites for hydroxylation is 1.